The van der Waals surface area contributed by atoms with Gasteiger partial charge in [0.05, 0.1) is 0 Å². The van der Waals surface area contributed by atoms with Gasteiger partial charge < -0.3 is 10.6 Å². The van der Waals surface area contributed by atoms with Crippen molar-refractivity contribution >= 4 is 11.6 Å². The molecular formula is C17H24N2O. The third-order valence-electron chi connectivity index (χ3n) is 4.79. The molecule has 108 valence electrons. The van der Waals surface area contributed by atoms with Crippen molar-refractivity contribution in [2.24, 2.45) is 11.8 Å². The Bertz CT molecular complexity index is 453. The molecule has 1 aromatic carbocycles. The highest BCUT2D eigenvalue weighted by molar-refractivity contribution is 5.87. The highest BCUT2D eigenvalue weighted by Crippen LogP contribution is 2.28. The quantitative estimate of drug-likeness (QED) is 0.888. The molecule has 1 amide bonds. The molecule has 0 saturated heterocycles. The molecule has 20 heavy (non-hydrogen) atoms. The Balaban J connectivity index is 1.47. The molecule has 1 atom stereocenters. The van der Waals surface area contributed by atoms with Crippen LogP contribution in [0.15, 0.2) is 24.3 Å². The highest BCUT2D eigenvalue weighted by Gasteiger charge is 2.27. The molecule has 1 aliphatic heterocycles. The summed E-state index contributed by atoms with van der Waals surface area (Å²) in [5.41, 5.74) is 2.36. The molecule has 1 aliphatic carbocycles. The molecule has 3 heteroatoms. The van der Waals surface area contributed by atoms with Gasteiger partial charge in [-0.1, -0.05) is 38.0 Å². The fourth-order valence-corrected chi connectivity index (χ4v) is 3.36. The number of hydrogen-bond donors (Lipinski definition) is 2. The van der Waals surface area contributed by atoms with Crippen LogP contribution in [0.5, 0.6) is 0 Å². The molecule has 2 aliphatic rings. The first-order valence-corrected chi connectivity index (χ1v) is 7.84. The van der Waals surface area contributed by atoms with Crippen LogP contribution >= 0.6 is 0 Å². The maximum atomic E-state index is 12.2. The van der Waals surface area contributed by atoms with Gasteiger partial charge in [0, 0.05) is 18.7 Å². The summed E-state index contributed by atoms with van der Waals surface area (Å²) in [5.74, 6) is 1.70. The Morgan fingerprint density at radius 2 is 2.00 bits per heavy atom. The summed E-state index contributed by atoms with van der Waals surface area (Å²) in [6.45, 7) is 3.18. The molecule has 0 aromatic heterocycles. The third-order valence-corrected chi connectivity index (χ3v) is 4.79. The number of fused-ring (bicyclic) bond motifs is 1. The van der Waals surface area contributed by atoms with Crippen LogP contribution in [-0.2, 0) is 11.2 Å². The summed E-state index contributed by atoms with van der Waals surface area (Å²) < 4.78 is 0. The molecule has 2 N–H and O–H groups in total. The Labute approximate surface area is 121 Å². The maximum absolute atomic E-state index is 12.2. The SMILES string of the molecule is CC1CCC(CNC(=O)[C@@H]2Cc3ccccc3N2)CC1. The average Bonchev–Trinajstić information content (AvgIpc) is 2.90. The molecule has 1 fully saturated rings. The average molecular weight is 272 g/mol. The number of amides is 1. The molecule has 0 bridgehead atoms. The lowest BCUT2D eigenvalue weighted by atomic mass is 9.83. The van der Waals surface area contributed by atoms with Crippen LogP contribution in [0.3, 0.4) is 0 Å². The zero-order valence-corrected chi connectivity index (χ0v) is 12.2. The predicted molar refractivity (Wildman–Crippen MR) is 81.7 cm³/mol. The molecule has 1 heterocycles. The van der Waals surface area contributed by atoms with Gasteiger partial charge in [-0.3, -0.25) is 4.79 Å². The van der Waals surface area contributed by atoms with E-state index in [2.05, 4.69) is 23.6 Å². The van der Waals surface area contributed by atoms with Gasteiger partial charge in [0.15, 0.2) is 0 Å². The van der Waals surface area contributed by atoms with Crippen molar-refractivity contribution in [3.8, 4) is 0 Å². The fourth-order valence-electron chi connectivity index (χ4n) is 3.36. The lowest BCUT2D eigenvalue weighted by molar-refractivity contribution is -0.121. The topological polar surface area (TPSA) is 41.1 Å². The summed E-state index contributed by atoms with van der Waals surface area (Å²) in [6.07, 6.45) is 5.96. The van der Waals surface area contributed by atoms with Crippen LogP contribution in [0.4, 0.5) is 5.69 Å². The van der Waals surface area contributed by atoms with Gasteiger partial charge in [-0.05, 0) is 36.3 Å². The minimum Gasteiger partial charge on any atom is -0.373 e. The van der Waals surface area contributed by atoms with Crippen LogP contribution < -0.4 is 10.6 Å². The monoisotopic (exact) mass is 272 g/mol. The van der Waals surface area contributed by atoms with E-state index in [9.17, 15) is 4.79 Å². The second-order valence-corrected chi connectivity index (χ2v) is 6.43. The van der Waals surface area contributed by atoms with E-state index in [0.717, 1.165) is 24.6 Å². The van der Waals surface area contributed by atoms with Gasteiger partial charge in [-0.25, -0.2) is 0 Å². The highest BCUT2D eigenvalue weighted by atomic mass is 16.2. The van der Waals surface area contributed by atoms with E-state index in [1.54, 1.807) is 0 Å². The number of carbonyl (C=O) groups excluding carboxylic acids is 1. The fraction of sp³-hybridized carbons (Fsp3) is 0.588. The second kappa shape index (κ2) is 5.86. The van der Waals surface area contributed by atoms with Gasteiger partial charge in [-0.15, -0.1) is 0 Å². The number of carbonyl (C=O) groups is 1. The summed E-state index contributed by atoms with van der Waals surface area (Å²) in [4.78, 5) is 12.2. The van der Waals surface area contributed by atoms with Crippen LogP contribution in [-0.4, -0.2) is 18.5 Å². The third kappa shape index (κ3) is 2.97. The van der Waals surface area contributed by atoms with Crippen molar-refractivity contribution in [1.29, 1.82) is 0 Å². The van der Waals surface area contributed by atoms with E-state index in [4.69, 9.17) is 0 Å². The van der Waals surface area contributed by atoms with Gasteiger partial charge in [0.2, 0.25) is 5.91 Å². The normalized spacial score (nSPS) is 28.6. The predicted octanol–water partition coefficient (Wildman–Crippen LogP) is 2.97. The van der Waals surface area contributed by atoms with E-state index in [-0.39, 0.29) is 11.9 Å². The Hall–Kier alpha value is -1.51. The van der Waals surface area contributed by atoms with Crippen molar-refractivity contribution in [3.05, 3.63) is 29.8 Å². The maximum Gasteiger partial charge on any atom is 0.242 e. The first-order chi connectivity index (χ1) is 9.72. The lowest BCUT2D eigenvalue weighted by Gasteiger charge is -2.26. The summed E-state index contributed by atoms with van der Waals surface area (Å²) >= 11 is 0. The Kier molecular flexibility index (Phi) is 3.95. The zero-order valence-electron chi connectivity index (χ0n) is 12.2. The van der Waals surface area contributed by atoms with Crippen LogP contribution in [0.1, 0.15) is 38.2 Å². The Morgan fingerprint density at radius 3 is 2.75 bits per heavy atom. The van der Waals surface area contributed by atoms with Crippen molar-refractivity contribution in [1.82, 2.24) is 5.32 Å². The van der Waals surface area contributed by atoms with E-state index < -0.39 is 0 Å². The molecule has 1 saturated carbocycles. The molecule has 0 radical (unpaired) electrons. The number of nitrogens with one attached hydrogen (secondary N) is 2. The summed E-state index contributed by atoms with van der Waals surface area (Å²) in [7, 11) is 0. The van der Waals surface area contributed by atoms with Crippen molar-refractivity contribution < 1.29 is 4.79 Å². The van der Waals surface area contributed by atoms with E-state index >= 15 is 0 Å². The molecule has 0 unspecified atom stereocenters. The smallest absolute Gasteiger partial charge is 0.242 e. The number of rotatable bonds is 3. The van der Waals surface area contributed by atoms with Crippen LogP contribution in [0, 0.1) is 11.8 Å². The van der Waals surface area contributed by atoms with E-state index in [1.165, 1.54) is 31.2 Å². The van der Waals surface area contributed by atoms with Crippen molar-refractivity contribution in [3.63, 3.8) is 0 Å². The Morgan fingerprint density at radius 1 is 1.25 bits per heavy atom. The minimum absolute atomic E-state index is 0.0880. The lowest BCUT2D eigenvalue weighted by Crippen LogP contribution is -2.41. The number of benzene rings is 1. The van der Waals surface area contributed by atoms with E-state index in [0.29, 0.717) is 5.92 Å². The standard InChI is InChI=1S/C17H24N2O/c1-12-6-8-13(9-7-12)11-18-17(20)16-10-14-4-2-3-5-15(14)19-16/h2-5,12-13,16,19H,6-11H2,1H3,(H,18,20)/t12?,13?,16-/m0/s1. The van der Waals surface area contributed by atoms with Crippen molar-refractivity contribution in [2.75, 3.05) is 11.9 Å². The van der Waals surface area contributed by atoms with E-state index in [1.807, 2.05) is 18.2 Å². The zero-order chi connectivity index (χ0) is 13.9. The van der Waals surface area contributed by atoms with Crippen LogP contribution in [0.25, 0.3) is 0 Å². The van der Waals surface area contributed by atoms with Crippen LogP contribution in [0.2, 0.25) is 0 Å². The van der Waals surface area contributed by atoms with Gasteiger partial charge in [0.25, 0.3) is 0 Å². The largest absolute Gasteiger partial charge is 0.373 e. The van der Waals surface area contributed by atoms with Crippen molar-refractivity contribution in [2.45, 2.75) is 45.1 Å². The first-order valence-electron chi connectivity index (χ1n) is 7.84. The molecule has 1 aromatic rings. The molecule has 3 rings (SSSR count). The van der Waals surface area contributed by atoms with Gasteiger partial charge in [0.1, 0.15) is 6.04 Å². The summed E-state index contributed by atoms with van der Waals surface area (Å²) in [5, 5.41) is 6.46. The number of para-hydroxylation sites is 1. The number of anilines is 1. The summed E-state index contributed by atoms with van der Waals surface area (Å²) in [6, 6.07) is 8.10. The molecular weight excluding hydrogens is 248 g/mol. The minimum atomic E-state index is -0.0880. The first kappa shape index (κ1) is 13.5. The second-order valence-electron chi connectivity index (χ2n) is 6.43. The molecule has 3 nitrogen and oxygen atoms in total. The number of hydrogen-bond acceptors (Lipinski definition) is 2. The molecule has 0 spiro atoms. The van der Waals surface area contributed by atoms with Gasteiger partial charge in [-0.2, -0.15) is 0 Å². The van der Waals surface area contributed by atoms with Gasteiger partial charge >= 0.3 is 0 Å².